The number of halogens is 2. The van der Waals surface area contributed by atoms with E-state index >= 15 is 0 Å². The van der Waals surface area contributed by atoms with Crippen LogP contribution in [-0.4, -0.2) is 32.2 Å². The van der Waals surface area contributed by atoms with Crippen molar-refractivity contribution in [2.75, 3.05) is 19.5 Å². The normalized spacial score (nSPS) is 10.6. The van der Waals surface area contributed by atoms with Gasteiger partial charge in [-0.1, -0.05) is 17.7 Å². The zero-order chi connectivity index (χ0) is 20.7. The van der Waals surface area contributed by atoms with Crippen LogP contribution in [0.5, 0.6) is 11.5 Å². The number of carbonyl (C=O) groups excluding carboxylic acids is 2. The minimum absolute atomic E-state index is 0.377. The first-order valence-corrected chi connectivity index (χ1v) is 9.30. The third-order valence-corrected chi connectivity index (χ3v) is 4.63. The van der Waals surface area contributed by atoms with E-state index in [-0.39, 0.29) is 6.42 Å². The highest BCUT2D eigenvalue weighted by molar-refractivity contribution is 9.10. The molecule has 0 atom stereocenters. The van der Waals surface area contributed by atoms with E-state index in [0.29, 0.717) is 32.2 Å². The van der Waals surface area contributed by atoms with Crippen molar-refractivity contribution >= 4 is 51.2 Å². The van der Waals surface area contributed by atoms with Gasteiger partial charge in [0.2, 0.25) is 11.8 Å². The van der Waals surface area contributed by atoms with Gasteiger partial charge in [-0.25, -0.2) is 5.43 Å². The van der Waals surface area contributed by atoms with Crippen molar-refractivity contribution in [1.29, 1.82) is 0 Å². The van der Waals surface area contributed by atoms with Gasteiger partial charge in [0.25, 0.3) is 0 Å². The average molecular weight is 469 g/mol. The lowest BCUT2D eigenvalue weighted by Crippen LogP contribution is -2.24. The number of hydrogen-bond acceptors (Lipinski definition) is 5. The number of hydrogen-bond donors (Lipinski definition) is 2. The summed E-state index contributed by atoms with van der Waals surface area (Å²) in [4.78, 5) is 23.8. The van der Waals surface area contributed by atoms with Crippen LogP contribution in [0.2, 0.25) is 5.02 Å². The summed E-state index contributed by atoms with van der Waals surface area (Å²) < 4.78 is 11.2. The summed E-state index contributed by atoms with van der Waals surface area (Å²) >= 11 is 9.39. The number of benzene rings is 2. The second kappa shape index (κ2) is 10.1. The molecule has 0 saturated carbocycles. The van der Waals surface area contributed by atoms with E-state index in [2.05, 4.69) is 31.8 Å². The maximum absolute atomic E-state index is 11.9. The number of rotatable bonds is 7. The van der Waals surface area contributed by atoms with Crippen LogP contribution in [0.4, 0.5) is 5.69 Å². The molecule has 0 aliphatic rings. The van der Waals surface area contributed by atoms with Gasteiger partial charge in [0.05, 0.1) is 24.9 Å². The molecular weight excluding hydrogens is 450 g/mol. The molecule has 0 spiro atoms. The zero-order valence-electron chi connectivity index (χ0n) is 15.5. The summed E-state index contributed by atoms with van der Waals surface area (Å²) in [5, 5.41) is 7.00. The molecule has 0 unspecified atom stereocenters. The summed E-state index contributed by atoms with van der Waals surface area (Å²) in [5.74, 6) is 0.0466. The molecule has 0 aromatic heterocycles. The van der Waals surface area contributed by atoms with Crippen LogP contribution in [0.15, 0.2) is 39.9 Å². The van der Waals surface area contributed by atoms with Gasteiger partial charge in [0.15, 0.2) is 11.5 Å². The van der Waals surface area contributed by atoms with E-state index < -0.39 is 11.8 Å². The Balaban J connectivity index is 1.92. The summed E-state index contributed by atoms with van der Waals surface area (Å²) in [6.45, 7) is 1.86. The van der Waals surface area contributed by atoms with E-state index in [4.69, 9.17) is 21.1 Å². The van der Waals surface area contributed by atoms with Crippen LogP contribution >= 0.6 is 27.5 Å². The first-order chi connectivity index (χ1) is 13.3. The van der Waals surface area contributed by atoms with E-state index in [1.807, 2.05) is 6.92 Å². The van der Waals surface area contributed by atoms with Gasteiger partial charge < -0.3 is 14.8 Å². The highest BCUT2D eigenvalue weighted by Crippen LogP contribution is 2.35. The Labute approximate surface area is 176 Å². The molecule has 0 radical (unpaired) electrons. The van der Waals surface area contributed by atoms with Crippen molar-refractivity contribution in [3.8, 4) is 11.5 Å². The molecule has 0 heterocycles. The van der Waals surface area contributed by atoms with Gasteiger partial charge in [-0.2, -0.15) is 5.10 Å². The molecule has 9 heteroatoms. The van der Waals surface area contributed by atoms with E-state index in [1.54, 1.807) is 30.3 Å². The van der Waals surface area contributed by atoms with Crippen LogP contribution in [0.1, 0.15) is 17.5 Å². The molecule has 7 nitrogen and oxygen atoms in total. The number of nitrogens with one attached hydrogen (secondary N) is 2. The van der Waals surface area contributed by atoms with Crippen molar-refractivity contribution in [1.82, 2.24) is 5.43 Å². The predicted octanol–water partition coefficient (Wildman–Crippen LogP) is 3.91. The van der Waals surface area contributed by atoms with E-state index in [0.717, 1.165) is 5.56 Å². The lowest BCUT2D eigenvalue weighted by atomic mass is 10.2. The standard InChI is InChI=1S/C19H19BrClN3O4/c1-11-4-5-13(8-15(11)21)23-17(25)9-18(26)24-22-10-12-6-14(20)19(28-3)16(7-12)27-2/h4-8,10H,9H2,1-3H3,(H,23,25)(H,24,26). The molecule has 2 aromatic rings. The van der Waals surface area contributed by atoms with Gasteiger partial charge in [0, 0.05) is 10.7 Å². The number of carbonyl (C=O) groups is 2. The molecule has 2 amide bonds. The molecule has 148 valence electrons. The van der Waals surface area contributed by atoms with Gasteiger partial charge in [-0.15, -0.1) is 0 Å². The Morgan fingerprint density at radius 2 is 1.93 bits per heavy atom. The second-order valence-electron chi connectivity index (χ2n) is 5.72. The van der Waals surface area contributed by atoms with Gasteiger partial charge >= 0.3 is 0 Å². The molecule has 0 fully saturated rings. The molecule has 0 bridgehead atoms. The molecule has 0 aliphatic carbocycles. The Bertz CT molecular complexity index is 918. The number of aryl methyl sites for hydroxylation is 1. The number of nitrogens with zero attached hydrogens (tertiary/aromatic N) is 1. The fraction of sp³-hybridized carbons (Fsp3) is 0.211. The number of hydrazone groups is 1. The Kier molecular flexibility index (Phi) is 7.83. The third-order valence-electron chi connectivity index (χ3n) is 3.64. The first kappa shape index (κ1) is 21.7. The SMILES string of the molecule is COc1cc(C=NNC(=O)CC(=O)Nc2ccc(C)c(Cl)c2)cc(Br)c1OC. The van der Waals surface area contributed by atoms with Crippen LogP contribution in [0.3, 0.4) is 0 Å². The molecule has 2 rings (SSSR count). The monoisotopic (exact) mass is 467 g/mol. The van der Waals surface area contributed by atoms with Crippen LogP contribution in [0, 0.1) is 6.92 Å². The summed E-state index contributed by atoms with van der Waals surface area (Å²) in [6, 6.07) is 8.57. The number of ether oxygens (including phenoxy) is 2. The fourth-order valence-corrected chi connectivity index (χ4v) is 3.05. The largest absolute Gasteiger partial charge is 0.493 e. The summed E-state index contributed by atoms with van der Waals surface area (Å²) in [6.07, 6.45) is 1.06. The minimum Gasteiger partial charge on any atom is -0.493 e. The first-order valence-electron chi connectivity index (χ1n) is 8.13. The highest BCUT2D eigenvalue weighted by Gasteiger charge is 2.11. The van der Waals surface area contributed by atoms with E-state index in [1.165, 1.54) is 20.4 Å². The minimum atomic E-state index is -0.550. The van der Waals surface area contributed by atoms with Crippen molar-refractivity contribution in [3.63, 3.8) is 0 Å². The maximum atomic E-state index is 11.9. The van der Waals surface area contributed by atoms with Crippen molar-refractivity contribution in [3.05, 3.63) is 51.0 Å². The zero-order valence-corrected chi connectivity index (χ0v) is 17.8. The van der Waals surface area contributed by atoms with Crippen molar-refractivity contribution in [2.45, 2.75) is 13.3 Å². The van der Waals surface area contributed by atoms with Gasteiger partial charge in [-0.05, 0) is 58.2 Å². The molecule has 2 N–H and O–H groups in total. The summed E-state index contributed by atoms with van der Waals surface area (Å²) in [5.41, 5.74) is 4.40. The lowest BCUT2D eigenvalue weighted by Gasteiger charge is -2.10. The molecular formula is C19H19BrClN3O4. The van der Waals surface area contributed by atoms with Gasteiger partial charge in [-0.3, -0.25) is 9.59 Å². The molecule has 0 saturated heterocycles. The Morgan fingerprint density at radius 3 is 2.57 bits per heavy atom. The topological polar surface area (TPSA) is 89.0 Å². The van der Waals surface area contributed by atoms with Crippen LogP contribution in [0.25, 0.3) is 0 Å². The van der Waals surface area contributed by atoms with Gasteiger partial charge in [0.1, 0.15) is 6.42 Å². The fourth-order valence-electron chi connectivity index (χ4n) is 2.25. The van der Waals surface area contributed by atoms with Crippen LogP contribution in [-0.2, 0) is 9.59 Å². The number of anilines is 1. The second-order valence-corrected chi connectivity index (χ2v) is 6.98. The lowest BCUT2D eigenvalue weighted by molar-refractivity contribution is -0.126. The third kappa shape index (κ3) is 5.97. The van der Waals surface area contributed by atoms with Crippen molar-refractivity contribution in [2.24, 2.45) is 5.10 Å². The van der Waals surface area contributed by atoms with Crippen LogP contribution < -0.4 is 20.2 Å². The quantitative estimate of drug-likeness (QED) is 0.366. The van der Waals surface area contributed by atoms with E-state index in [9.17, 15) is 9.59 Å². The molecule has 0 aliphatic heterocycles. The molecule has 28 heavy (non-hydrogen) atoms. The predicted molar refractivity (Wildman–Crippen MR) is 112 cm³/mol. The highest BCUT2D eigenvalue weighted by atomic mass is 79.9. The average Bonchev–Trinajstić information content (AvgIpc) is 2.64. The number of methoxy groups -OCH3 is 2. The molecule has 2 aromatic carbocycles. The Hall–Kier alpha value is -2.58. The Morgan fingerprint density at radius 1 is 1.18 bits per heavy atom. The van der Waals surface area contributed by atoms with Crippen molar-refractivity contribution < 1.29 is 19.1 Å². The smallest absolute Gasteiger partial charge is 0.249 e. The number of amides is 2. The summed E-state index contributed by atoms with van der Waals surface area (Å²) in [7, 11) is 3.05. The maximum Gasteiger partial charge on any atom is 0.249 e.